The van der Waals surface area contributed by atoms with Gasteiger partial charge >= 0.3 is 0 Å². The second kappa shape index (κ2) is 8.29. The van der Waals surface area contributed by atoms with Gasteiger partial charge in [-0.05, 0) is 43.5 Å². The summed E-state index contributed by atoms with van der Waals surface area (Å²) < 4.78 is 25.7. The molecule has 0 atom stereocenters. The molecular formula is C16H25ClN2O2S. The molecule has 1 saturated heterocycles. The molecule has 1 aliphatic rings. The van der Waals surface area contributed by atoms with Crippen molar-refractivity contribution in [1.82, 2.24) is 9.21 Å². The molecule has 2 rings (SSSR count). The minimum Gasteiger partial charge on any atom is -0.301 e. The number of sulfonamides is 1. The average Bonchev–Trinajstić information content (AvgIpc) is 2.48. The first kappa shape index (κ1) is 17.7. The molecule has 0 N–H and O–H groups in total. The van der Waals surface area contributed by atoms with Crippen molar-refractivity contribution in [2.75, 3.05) is 38.5 Å². The molecule has 0 aliphatic carbocycles. The van der Waals surface area contributed by atoms with Gasteiger partial charge in [0.15, 0.2) is 0 Å². The van der Waals surface area contributed by atoms with E-state index in [1.54, 1.807) is 4.31 Å². The highest BCUT2D eigenvalue weighted by atomic mass is 35.5. The van der Waals surface area contributed by atoms with Gasteiger partial charge in [-0.1, -0.05) is 30.7 Å². The van der Waals surface area contributed by atoms with Crippen molar-refractivity contribution < 1.29 is 8.42 Å². The standard InChI is InChI=1S/C16H25ClN2O2S/c1-2-13-22(20,21)19-11-9-18(10-12-19)8-4-6-15-5-3-7-16(17)14-15/h3,5,7,14H,2,4,6,8-13H2,1H3. The number of aryl methyl sites for hydroxylation is 1. The van der Waals surface area contributed by atoms with Gasteiger partial charge in [0.25, 0.3) is 0 Å². The fraction of sp³-hybridized carbons (Fsp3) is 0.625. The molecule has 1 aromatic carbocycles. The van der Waals surface area contributed by atoms with Gasteiger partial charge in [0, 0.05) is 31.2 Å². The lowest BCUT2D eigenvalue weighted by molar-refractivity contribution is 0.187. The van der Waals surface area contributed by atoms with Crippen molar-refractivity contribution in [3.8, 4) is 0 Å². The third-order valence-corrected chi connectivity index (χ3v) is 6.33. The zero-order valence-electron chi connectivity index (χ0n) is 13.2. The van der Waals surface area contributed by atoms with E-state index in [0.717, 1.165) is 37.5 Å². The van der Waals surface area contributed by atoms with Gasteiger partial charge in [0.05, 0.1) is 5.75 Å². The van der Waals surface area contributed by atoms with Gasteiger partial charge in [0.1, 0.15) is 0 Å². The number of nitrogens with zero attached hydrogens (tertiary/aromatic N) is 2. The fourth-order valence-electron chi connectivity index (χ4n) is 2.82. The van der Waals surface area contributed by atoms with E-state index >= 15 is 0 Å². The third kappa shape index (κ3) is 5.23. The molecule has 1 heterocycles. The van der Waals surface area contributed by atoms with E-state index in [0.29, 0.717) is 19.5 Å². The Morgan fingerprint density at radius 1 is 1.18 bits per heavy atom. The number of piperazine rings is 1. The van der Waals surface area contributed by atoms with Crippen LogP contribution in [0.3, 0.4) is 0 Å². The normalized spacial score (nSPS) is 17.7. The minimum absolute atomic E-state index is 0.266. The Hall–Kier alpha value is -0.620. The molecule has 0 unspecified atom stereocenters. The van der Waals surface area contributed by atoms with Crippen LogP contribution < -0.4 is 0 Å². The minimum atomic E-state index is -3.03. The predicted molar refractivity (Wildman–Crippen MR) is 91.9 cm³/mol. The largest absolute Gasteiger partial charge is 0.301 e. The number of benzene rings is 1. The number of hydrogen-bond acceptors (Lipinski definition) is 3. The molecule has 124 valence electrons. The third-order valence-electron chi connectivity index (χ3n) is 4.02. The fourth-order valence-corrected chi connectivity index (χ4v) is 4.52. The van der Waals surface area contributed by atoms with E-state index in [1.807, 2.05) is 25.1 Å². The molecule has 0 amide bonds. The first-order chi connectivity index (χ1) is 10.5. The van der Waals surface area contributed by atoms with Crippen LogP contribution in [0.5, 0.6) is 0 Å². The smallest absolute Gasteiger partial charge is 0.214 e. The van der Waals surface area contributed by atoms with Crippen LogP contribution in [0.4, 0.5) is 0 Å². The van der Waals surface area contributed by atoms with Crippen molar-refractivity contribution in [1.29, 1.82) is 0 Å². The second-order valence-corrected chi connectivity index (χ2v) is 8.32. The topological polar surface area (TPSA) is 40.6 Å². The summed E-state index contributed by atoms with van der Waals surface area (Å²) >= 11 is 5.98. The van der Waals surface area contributed by atoms with Crippen molar-refractivity contribution in [3.05, 3.63) is 34.9 Å². The van der Waals surface area contributed by atoms with Crippen molar-refractivity contribution in [2.45, 2.75) is 26.2 Å². The Kier molecular flexibility index (Phi) is 6.68. The highest BCUT2D eigenvalue weighted by Crippen LogP contribution is 2.13. The quantitative estimate of drug-likeness (QED) is 0.763. The molecule has 0 radical (unpaired) electrons. The molecule has 1 fully saturated rings. The van der Waals surface area contributed by atoms with E-state index in [1.165, 1.54) is 5.56 Å². The Morgan fingerprint density at radius 3 is 2.55 bits per heavy atom. The average molecular weight is 345 g/mol. The molecule has 4 nitrogen and oxygen atoms in total. The zero-order chi connectivity index (χ0) is 16.0. The van der Waals surface area contributed by atoms with Gasteiger partial charge in [-0.2, -0.15) is 4.31 Å². The number of rotatable bonds is 7. The van der Waals surface area contributed by atoms with Crippen molar-refractivity contribution in [2.24, 2.45) is 0 Å². The highest BCUT2D eigenvalue weighted by molar-refractivity contribution is 7.89. The van der Waals surface area contributed by atoms with Gasteiger partial charge in [-0.15, -0.1) is 0 Å². The van der Waals surface area contributed by atoms with E-state index in [4.69, 9.17) is 11.6 Å². The molecule has 0 spiro atoms. The molecule has 0 bridgehead atoms. The molecule has 6 heteroatoms. The zero-order valence-corrected chi connectivity index (χ0v) is 14.7. The first-order valence-electron chi connectivity index (χ1n) is 7.96. The SMILES string of the molecule is CCCS(=O)(=O)N1CCN(CCCc2cccc(Cl)c2)CC1. The van der Waals surface area contributed by atoms with E-state index in [-0.39, 0.29) is 5.75 Å². The summed E-state index contributed by atoms with van der Waals surface area (Å²) in [6.07, 6.45) is 2.76. The predicted octanol–water partition coefficient (Wildman–Crippen LogP) is 2.63. The van der Waals surface area contributed by atoms with E-state index in [2.05, 4.69) is 11.0 Å². The maximum atomic E-state index is 12.0. The summed E-state index contributed by atoms with van der Waals surface area (Å²) in [5.74, 6) is 0.266. The molecule has 1 aliphatic heterocycles. The second-order valence-electron chi connectivity index (χ2n) is 5.79. The molecular weight excluding hydrogens is 320 g/mol. The summed E-state index contributed by atoms with van der Waals surface area (Å²) in [7, 11) is -3.03. The van der Waals surface area contributed by atoms with E-state index in [9.17, 15) is 8.42 Å². The highest BCUT2D eigenvalue weighted by Gasteiger charge is 2.25. The van der Waals surface area contributed by atoms with Crippen LogP contribution in [0.2, 0.25) is 5.02 Å². The van der Waals surface area contributed by atoms with Crippen LogP contribution in [0, 0.1) is 0 Å². The molecule has 22 heavy (non-hydrogen) atoms. The van der Waals surface area contributed by atoms with Crippen molar-refractivity contribution in [3.63, 3.8) is 0 Å². The van der Waals surface area contributed by atoms with E-state index < -0.39 is 10.0 Å². The van der Waals surface area contributed by atoms with Crippen LogP contribution in [-0.2, 0) is 16.4 Å². The van der Waals surface area contributed by atoms with Crippen LogP contribution >= 0.6 is 11.6 Å². The molecule has 0 saturated carbocycles. The maximum Gasteiger partial charge on any atom is 0.214 e. The van der Waals surface area contributed by atoms with Crippen LogP contribution in [0.25, 0.3) is 0 Å². The first-order valence-corrected chi connectivity index (χ1v) is 9.94. The lowest BCUT2D eigenvalue weighted by Crippen LogP contribution is -2.49. The number of halogens is 1. The summed E-state index contributed by atoms with van der Waals surface area (Å²) in [4.78, 5) is 2.35. The Balaban J connectivity index is 1.72. The van der Waals surface area contributed by atoms with Gasteiger partial charge in [-0.3, -0.25) is 0 Å². The Morgan fingerprint density at radius 2 is 1.91 bits per heavy atom. The van der Waals surface area contributed by atoms with Crippen LogP contribution in [0.15, 0.2) is 24.3 Å². The molecule has 0 aromatic heterocycles. The van der Waals surface area contributed by atoms with Gasteiger partial charge in [-0.25, -0.2) is 8.42 Å². The summed E-state index contributed by atoms with van der Waals surface area (Å²) in [6, 6.07) is 7.98. The van der Waals surface area contributed by atoms with Gasteiger partial charge < -0.3 is 4.90 Å². The summed E-state index contributed by atoms with van der Waals surface area (Å²) in [6.45, 7) is 5.83. The summed E-state index contributed by atoms with van der Waals surface area (Å²) in [5, 5.41) is 0.784. The monoisotopic (exact) mass is 344 g/mol. The van der Waals surface area contributed by atoms with Crippen LogP contribution in [-0.4, -0.2) is 56.1 Å². The summed E-state index contributed by atoms with van der Waals surface area (Å²) in [5.41, 5.74) is 1.26. The lowest BCUT2D eigenvalue weighted by atomic mass is 10.1. The van der Waals surface area contributed by atoms with Crippen molar-refractivity contribution >= 4 is 21.6 Å². The molecule has 1 aromatic rings. The Labute approximate surface area is 139 Å². The van der Waals surface area contributed by atoms with Crippen LogP contribution in [0.1, 0.15) is 25.3 Å². The number of hydrogen-bond donors (Lipinski definition) is 0. The Bertz CT molecular complexity index is 569. The lowest BCUT2D eigenvalue weighted by Gasteiger charge is -2.33. The maximum absolute atomic E-state index is 12.0. The van der Waals surface area contributed by atoms with Gasteiger partial charge in [0.2, 0.25) is 10.0 Å².